The molecule has 0 bridgehead atoms. The summed E-state index contributed by atoms with van der Waals surface area (Å²) in [5, 5.41) is 6.78. The monoisotopic (exact) mass is 336 g/mol. The third kappa shape index (κ3) is 5.17. The zero-order valence-electron chi connectivity index (χ0n) is 13.8. The van der Waals surface area contributed by atoms with E-state index in [2.05, 4.69) is 27.5 Å². The molecule has 3 rings (SSSR count). The Labute approximate surface area is 146 Å². The number of benzene rings is 2. The first-order valence-corrected chi connectivity index (χ1v) is 8.19. The van der Waals surface area contributed by atoms with Gasteiger partial charge in [-0.25, -0.2) is 9.67 Å². The SMILES string of the molecule is O=C(Cn1cncn1)Nc1ccccc1OCCCc1ccccc1. The zero-order valence-corrected chi connectivity index (χ0v) is 13.8. The fraction of sp³-hybridized carbons (Fsp3) is 0.211. The van der Waals surface area contributed by atoms with E-state index in [0.717, 1.165) is 12.8 Å². The van der Waals surface area contributed by atoms with E-state index in [1.54, 1.807) is 0 Å². The number of aromatic nitrogens is 3. The molecule has 0 unspecified atom stereocenters. The third-order valence-electron chi connectivity index (χ3n) is 3.64. The van der Waals surface area contributed by atoms with Crippen molar-refractivity contribution < 1.29 is 9.53 Å². The number of aryl methyl sites for hydroxylation is 1. The quantitative estimate of drug-likeness (QED) is 0.642. The molecule has 0 spiro atoms. The summed E-state index contributed by atoms with van der Waals surface area (Å²) in [6, 6.07) is 17.7. The normalized spacial score (nSPS) is 10.4. The van der Waals surface area contributed by atoms with Crippen molar-refractivity contribution in [3.05, 3.63) is 72.8 Å². The van der Waals surface area contributed by atoms with Gasteiger partial charge in [0.2, 0.25) is 5.91 Å². The van der Waals surface area contributed by atoms with E-state index in [-0.39, 0.29) is 12.5 Å². The maximum atomic E-state index is 12.1. The van der Waals surface area contributed by atoms with Gasteiger partial charge in [0.1, 0.15) is 24.9 Å². The number of nitrogens with one attached hydrogen (secondary N) is 1. The molecule has 1 amide bonds. The summed E-state index contributed by atoms with van der Waals surface area (Å²) in [6.07, 6.45) is 4.77. The summed E-state index contributed by atoms with van der Waals surface area (Å²) < 4.78 is 7.32. The van der Waals surface area contributed by atoms with E-state index in [1.165, 1.54) is 22.9 Å². The van der Waals surface area contributed by atoms with E-state index in [9.17, 15) is 4.79 Å². The van der Waals surface area contributed by atoms with Crippen molar-refractivity contribution in [3.8, 4) is 5.75 Å². The molecule has 1 aromatic heterocycles. The van der Waals surface area contributed by atoms with Crippen LogP contribution in [0.5, 0.6) is 5.75 Å². The lowest BCUT2D eigenvalue weighted by Gasteiger charge is -2.12. The van der Waals surface area contributed by atoms with Crippen LogP contribution in [-0.2, 0) is 17.8 Å². The highest BCUT2D eigenvalue weighted by atomic mass is 16.5. The Hall–Kier alpha value is -3.15. The number of amides is 1. The molecular weight excluding hydrogens is 316 g/mol. The maximum absolute atomic E-state index is 12.1. The Morgan fingerprint density at radius 3 is 2.68 bits per heavy atom. The van der Waals surface area contributed by atoms with E-state index in [1.807, 2.05) is 42.5 Å². The lowest BCUT2D eigenvalue weighted by molar-refractivity contribution is -0.116. The third-order valence-corrected chi connectivity index (χ3v) is 3.64. The average Bonchev–Trinajstić information content (AvgIpc) is 3.14. The molecule has 0 fully saturated rings. The molecule has 0 aliphatic rings. The Morgan fingerprint density at radius 1 is 1.08 bits per heavy atom. The second kappa shape index (κ2) is 8.63. The van der Waals surface area contributed by atoms with Crippen LogP contribution in [0.15, 0.2) is 67.3 Å². The summed E-state index contributed by atoms with van der Waals surface area (Å²) in [5.41, 5.74) is 1.95. The molecule has 1 N–H and O–H groups in total. The van der Waals surface area contributed by atoms with Crippen molar-refractivity contribution >= 4 is 11.6 Å². The van der Waals surface area contributed by atoms with Gasteiger partial charge >= 0.3 is 0 Å². The maximum Gasteiger partial charge on any atom is 0.246 e. The molecule has 0 saturated carbocycles. The second-order valence-electron chi connectivity index (χ2n) is 5.58. The van der Waals surface area contributed by atoms with Crippen molar-refractivity contribution in [2.75, 3.05) is 11.9 Å². The molecule has 6 nitrogen and oxygen atoms in total. The second-order valence-corrected chi connectivity index (χ2v) is 5.58. The van der Waals surface area contributed by atoms with Crippen LogP contribution >= 0.6 is 0 Å². The van der Waals surface area contributed by atoms with Crippen LogP contribution in [0.4, 0.5) is 5.69 Å². The van der Waals surface area contributed by atoms with Crippen LogP contribution in [0, 0.1) is 0 Å². The van der Waals surface area contributed by atoms with E-state index < -0.39 is 0 Å². The Morgan fingerprint density at radius 2 is 1.88 bits per heavy atom. The van der Waals surface area contributed by atoms with E-state index >= 15 is 0 Å². The first-order valence-electron chi connectivity index (χ1n) is 8.19. The van der Waals surface area contributed by atoms with Crippen molar-refractivity contribution in [2.45, 2.75) is 19.4 Å². The molecule has 6 heteroatoms. The fourth-order valence-electron chi connectivity index (χ4n) is 2.45. The molecule has 2 aromatic carbocycles. The van der Waals surface area contributed by atoms with Crippen molar-refractivity contribution in [2.24, 2.45) is 0 Å². The molecule has 1 heterocycles. The number of para-hydroxylation sites is 2. The molecule has 0 atom stereocenters. The minimum atomic E-state index is -0.175. The van der Waals surface area contributed by atoms with Gasteiger partial charge in [0.15, 0.2) is 0 Å². The lowest BCUT2D eigenvalue weighted by Crippen LogP contribution is -2.19. The molecule has 0 saturated heterocycles. The number of hydrogen-bond acceptors (Lipinski definition) is 4. The highest BCUT2D eigenvalue weighted by Gasteiger charge is 2.08. The van der Waals surface area contributed by atoms with Crippen LogP contribution in [0.2, 0.25) is 0 Å². The van der Waals surface area contributed by atoms with E-state index in [0.29, 0.717) is 18.0 Å². The van der Waals surface area contributed by atoms with Gasteiger partial charge in [0.25, 0.3) is 0 Å². The molecule has 25 heavy (non-hydrogen) atoms. The van der Waals surface area contributed by atoms with E-state index in [4.69, 9.17) is 4.74 Å². The van der Waals surface area contributed by atoms with Crippen LogP contribution in [0.1, 0.15) is 12.0 Å². The Kier molecular flexibility index (Phi) is 5.77. The summed E-state index contributed by atoms with van der Waals surface area (Å²) in [6.45, 7) is 0.702. The first-order chi connectivity index (χ1) is 12.3. The lowest BCUT2D eigenvalue weighted by atomic mass is 10.1. The van der Waals surface area contributed by atoms with Crippen LogP contribution in [0.3, 0.4) is 0 Å². The molecule has 0 aliphatic heterocycles. The summed E-state index contributed by atoms with van der Waals surface area (Å²) in [5.74, 6) is 0.494. The Bertz CT molecular complexity index is 788. The number of carbonyl (C=O) groups is 1. The van der Waals surface area contributed by atoms with Gasteiger partial charge in [-0.05, 0) is 30.5 Å². The van der Waals surface area contributed by atoms with Crippen LogP contribution in [0.25, 0.3) is 0 Å². The molecule has 0 aliphatic carbocycles. The standard InChI is InChI=1S/C19H20N4O2/c24-19(13-23-15-20-14-21-23)22-17-10-4-5-11-18(17)25-12-6-9-16-7-2-1-3-8-16/h1-5,7-8,10-11,14-15H,6,9,12-13H2,(H,22,24). The van der Waals surface area contributed by atoms with Gasteiger partial charge in [0.05, 0.1) is 12.3 Å². The molecule has 0 radical (unpaired) electrons. The highest BCUT2D eigenvalue weighted by Crippen LogP contribution is 2.24. The van der Waals surface area contributed by atoms with Crippen molar-refractivity contribution in [1.29, 1.82) is 0 Å². The summed E-state index contributed by atoms with van der Waals surface area (Å²) in [4.78, 5) is 15.9. The number of nitrogens with zero attached hydrogens (tertiary/aromatic N) is 3. The van der Waals surface area contributed by atoms with Crippen LogP contribution < -0.4 is 10.1 Å². The van der Waals surface area contributed by atoms with Crippen molar-refractivity contribution in [3.63, 3.8) is 0 Å². The first kappa shape index (κ1) is 16.7. The predicted molar refractivity (Wildman–Crippen MR) is 95.4 cm³/mol. The minimum absolute atomic E-state index is 0.113. The molecule has 128 valence electrons. The minimum Gasteiger partial charge on any atom is -0.491 e. The number of hydrogen-bond donors (Lipinski definition) is 1. The largest absolute Gasteiger partial charge is 0.491 e. The van der Waals surface area contributed by atoms with Crippen LogP contribution in [-0.4, -0.2) is 27.3 Å². The van der Waals surface area contributed by atoms with Gasteiger partial charge < -0.3 is 10.1 Å². The zero-order chi connectivity index (χ0) is 17.3. The van der Waals surface area contributed by atoms with Gasteiger partial charge in [-0.15, -0.1) is 0 Å². The highest BCUT2D eigenvalue weighted by molar-refractivity contribution is 5.92. The number of rotatable bonds is 8. The van der Waals surface area contributed by atoms with Gasteiger partial charge in [-0.3, -0.25) is 4.79 Å². The van der Waals surface area contributed by atoms with Gasteiger partial charge in [-0.2, -0.15) is 5.10 Å². The smallest absolute Gasteiger partial charge is 0.246 e. The summed E-state index contributed by atoms with van der Waals surface area (Å²) in [7, 11) is 0. The fourth-order valence-corrected chi connectivity index (χ4v) is 2.45. The number of ether oxygens (including phenoxy) is 1. The number of anilines is 1. The predicted octanol–water partition coefficient (Wildman–Crippen LogP) is 2.93. The number of carbonyl (C=O) groups excluding carboxylic acids is 1. The van der Waals surface area contributed by atoms with Gasteiger partial charge in [-0.1, -0.05) is 42.5 Å². The van der Waals surface area contributed by atoms with Gasteiger partial charge in [0, 0.05) is 0 Å². The van der Waals surface area contributed by atoms with Crippen molar-refractivity contribution in [1.82, 2.24) is 14.8 Å². The topological polar surface area (TPSA) is 69.0 Å². The molecule has 3 aromatic rings. The molecular formula is C19H20N4O2. The summed E-state index contributed by atoms with van der Waals surface area (Å²) >= 11 is 0. The Balaban J connectivity index is 1.51. The average molecular weight is 336 g/mol.